The van der Waals surface area contributed by atoms with Gasteiger partial charge in [-0.1, -0.05) is 18.2 Å². The molecule has 1 heterocycles. The molecule has 0 aliphatic rings. The van der Waals surface area contributed by atoms with Crippen molar-refractivity contribution in [3.63, 3.8) is 0 Å². The Morgan fingerprint density at radius 2 is 2.00 bits per heavy atom. The summed E-state index contributed by atoms with van der Waals surface area (Å²) in [7, 11) is -3.73. The molecule has 142 valence electrons. The number of sulfonamides is 1. The molecule has 1 aromatic heterocycles. The summed E-state index contributed by atoms with van der Waals surface area (Å²) in [5.74, 6) is -1.49. The predicted octanol–water partition coefficient (Wildman–Crippen LogP) is 1.88. The highest BCUT2D eigenvalue weighted by Gasteiger charge is 2.23. The van der Waals surface area contributed by atoms with Crippen LogP contribution < -0.4 is 9.62 Å². The highest BCUT2D eigenvalue weighted by atomic mass is 32.2. The fourth-order valence-electron chi connectivity index (χ4n) is 2.19. The molecule has 2 rings (SSSR count). The maximum Gasteiger partial charge on any atom is 0.327 e. The third kappa shape index (κ3) is 5.54. The molecule has 10 heteroatoms. The highest BCUT2D eigenvalue weighted by molar-refractivity contribution is 7.92. The number of carbonyl (C=O) groups excluding carboxylic acids is 2. The van der Waals surface area contributed by atoms with Gasteiger partial charge in [0.25, 0.3) is 5.91 Å². The molecule has 0 atom stereocenters. The van der Waals surface area contributed by atoms with E-state index in [1.165, 1.54) is 11.3 Å². The van der Waals surface area contributed by atoms with Crippen LogP contribution in [-0.2, 0) is 24.3 Å². The summed E-state index contributed by atoms with van der Waals surface area (Å²) in [4.78, 5) is 23.9. The van der Waals surface area contributed by atoms with E-state index < -0.39 is 35.1 Å². The number of esters is 1. The smallest absolute Gasteiger partial charge is 0.327 e. The first-order chi connectivity index (χ1) is 12.7. The number of nitrogens with one attached hydrogen (secondary N) is 1. The van der Waals surface area contributed by atoms with E-state index in [0.717, 1.165) is 10.6 Å². The van der Waals surface area contributed by atoms with E-state index >= 15 is 0 Å². The van der Waals surface area contributed by atoms with Crippen molar-refractivity contribution in [1.82, 2.24) is 0 Å². The van der Waals surface area contributed by atoms with Crippen molar-refractivity contribution in [3.05, 3.63) is 46.8 Å². The van der Waals surface area contributed by atoms with Crippen molar-refractivity contribution >= 4 is 43.9 Å². The Balaban J connectivity index is 1.99. The molecule has 2 aromatic rings. The molecule has 0 bridgehead atoms. The second kappa shape index (κ2) is 8.66. The zero-order chi connectivity index (χ0) is 20.0. The van der Waals surface area contributed by atoms with Gasteiger partial charge in [-0.2, -0.15) is 5.26 Å². The second-order valence-electron chi connectivity index (χ2n) is 5.54. The summed E-state index contributed by atoms with van der Waals surface area (Å²) < 4.78 is 29.9. The minimum Gasteiger partial charge on any atom is -0.454 e. The Morgan fingerprint density at radius 1 is 1.30 bits per heavy atom. The number of para-hydroxylation sites is 1. The first-order valence-corrected chi connectivity index (χ1v) is 10.4. The average molecular weight is 407 g/mol. The van der Waals surface area contributed by atoms with Gasteiger partial charge in [-0.15, -0.1) is 11.3 Å². The molecular formula is C17H17N3O5S2. The number of rotatable bonds is 7. The number of carbonyl (C=O) groups is 2. The Hall–Kier alpha value is -2.90. The maximum atomic E-state index is 12.1. The molecule has 0 aliphatic carbocycles. The van der Waals surface area contributed by atoms with Gasteiger partial charge >= 0.3 is 5.97 Å². The van der Waals surface area contributed by atoms with E-state index in [9.17, 15) is 18.0 Å². The van der Waals surface area contributed by atoms with Crippen LogP contribution >= 0.6 is 11.3 Å². The van der Waals surface area contributed by atoms with Gasteiger partial charge in [-0.05, 0) is 30.0 Å². The molecule has 0 saturated heterocycles. The molecule has 0 saturated carbocycles. The van der Waals surface area contributed by atoms with Crippen LogP contribution in [0, 0.1) is 18.3 Å². The third-order valence-corrected chi connectivity index (χ3v) is 5.42. The van der Waals surface area contributed by atoms with Gasteiger partial charge in [-0.25, -0.2) is 8.42 Å². The molecule has 0 aliphatic heterocycles. The molecule has 27 heavy (non-hydrogen) atoms. The van der Waals surface area contributed by atoms with E-state index in [4.69, 9.17) is 10.00 Å². The average Bonchev–Trinajstić information content (AvgIpc) is 3.05. The Labute approximate surface area is 161 Å². The lowest BCUT2D eigenvalue weighted by atomic mass is 10.2. The van der Waals surface area contributed by atoms with Crippen LogP contribution in [0.1, 0.15) is 11.1 Å². The third-order valence-electron chi connectivity index (χ3n) is 3.46. The standard InChI is InChI=1S/C17H17N3O5S2/c1-12-5-3-4-6-14(12)20(27(2,23)24)10-16(22)25-11-15(21)19-17-13(9-18)7-8-26-17/h3-8H,10-11H2,1-2H3,(H,19,21). The molecule has 8 nitrogen and oxygen atoms in total. The SMILES string of the molecule is Cc1ccccc1N(CC(=O)OCC(=O)Nc1sccc1C#N)S(C)(=O)=O. The molecular weight excluding hydrogens is 390 g/mol. The Morgan fingerprint density at radius 3 is 2.63 bits per heavy atom. The lowest BCUT2D eigenvalue weighted by molar-refractivity contribution is -0.145. The van der Waals surface area contributed by atoms with E-state index in [1.54, 1.807) is 42.6 Å². The van der Waals surface area contributed by atoms with Crippen molar-refractivity contribution in [2.75, 3.05) is 29.0 Å². The zero-order valence-corrected chi connectivity index (χ0v) is 16.3. The lowest BCUT2D eigenvalue weighted by Crippen LogP contribution is -2.37. The first kappa shape index (κ1) is 20.4. The molecule has 0 unspecified atom stereocenters. The van der Waals surface area contributed by atoms with E-state index in [0.29, 0.717) is 21.8 Å². The summed E-state index contributed by atoms with van der Waals surface area (Å²) in [5.41, 5.74) is 1.34. The number of thiophene rings is 1. The molecule has 0 spiro atoms. The van der Waals surface area contributed by atoms with Crippen LogP contribution in [0.15, 0.2) is 35.7 Å². The van der Waals surface area contributed by atoms with Crippen LogP contribution in [0.25, 0.3) is 0 Å². The Bertz CT molecular complexity index is 992. The monoisotopic (exact) mass is 407 g/mol. The van der Waals surface area contributed by atoms with Crippen molar-refractivity contribution in [2.24, 2.45) is 0 Å². The number of ether oxygens (including phenoxy) is 1. The van der Waals surface area contributed by atoms with Crippen molar-refractivity contribution in [1.29, 1.82) is 5.26 Å². The van der Waals surface area contributed by atoms with E-state index in [-0.39, 0.29) is 0 Å². The lowest BCUT2D eigenvalue weighted by Gasteiger charge is -2.23. The van der Waals surface area contributed by atoms with Gasteiger partial charge in [0.2, 0.25) is 10.0 Å². The van der Waals surface area contributed by atoms with Crippen LogP contribution in [0.3, 0.4) is 0 Å². The number of nitrogens with zero attached hydrogens (tertiary/aromatic N) is 2. The van der Waals surface area contributed by atoms with Crippen LogP contribution in [0.2, 0.25) is 0 Å². The maximum absolute atomic E-state index is 12.1. The fourth-order valence-corrected chi connectivity index (χ4v) is 3.85. The summed E-state index contributed by atoms with van der Waals surface area (Å²) in [6, 6.07) is 10.2. The summed E-state index contributed by atoms with van der Waals surface area (Å²) in [6.07, 6.45) is 0.986. The van der Waals surface area contributed by atoms with Gasteiger partial charge in [0.05, 0.1) is 17.5 Å². The number of anilines is 2. The quantitative estimate of drug-likeness (QED) is 0.701. The second-order valence-corrected chi connectivity index (χ2v) is 8.36. The van der Waals surface area contributed by atoms with Gasteiger partial charge in [0.15, 0.2) is 6.61 Å². The zero-order valence-electron chi connectivity index (χ0n) is 14.6. The fraction of sp³-hybridized carbons (Fsp3) is 0.235. The molecule has 0 radical (unpaired) electrons. The van der Waals surface area contributed by atoms with Crippen LogP contribution in [0.5, 0.6) is 0 Å². The number of aryl methyl sites for hydroxylation is 1. The van der Waals surface area contributed by atoms with Crippen molar-refractivity contribution < 1.29 is 22.7 Å². The predicted molar refractivity (Wildman–Crippen MR) is 102 cm³/mol. The number of hydrogen-bond acceptors (Lipinski definition) is 7. The van der Waals surface area contributed by atoms with Gasteiger partial charge < -0.3 is 10.1 Å². The van der Waals surface area contributed by atoms with Crippen molar-refractivity contribution in [3.8, 4) is 6.07 Å². The van der Waals surface area contributed by atoms with Crippen molar-refractivity contribution in [2.45, 2.75) is 6.92 Å². The van der Waals surface area contributed by atoms with E-state index in [2.05, 4.69) is 5.32 Å². The molecule has 1 aromatic carbocycles. The molecule has 1 N–H and O–H groups in total. The summed E-state index contributed by atoms with van der Waals surface area (Å²) >= 11 is 1.17. The van der Waals surface area contributed by atoms with Crippen LogP contribution in [0.4, 0.5) is 10.7 Å². The largest absolute Gasteiger partial charge is 0.454 e. The number of benzene rings is 1. The van der Waals surface area contributed by atoms with Gasteiger partial charge in [0, 0.05) is 0 Å². The summed E-state index contributed by atoms with van der Waals surface area (Å²) in [6.45, 7) is 0.576. The van der Waals surface area contributed by atoms with Gasteiger partial charge in [0.1, 0.15) is 17.6 Å². The first-order valence-electron chi connectivity index (χ1n) is 7.68. The molecule has 1 amide bonds. The summed E-state index contributed by atoms with van der Waals surface area (Å²) in [5, 5.41) is 13.4. The van der Waals surface area contributed by atoms with E-state index in [1.807, 2.05) is 6.07 Å². The number of nitriles is 1. The minimum absolute atomic E-state index is 0.308. The number of hydrogen-bond donors (Lipinski definition) is 1. The number of amides is 1. The van der Waals surface area contributed by atoms with Gasteiger partial charge in [-0.3, -0.25) is 13.9 Å². The Kier molecular flexibility index (Phi) is 6.55. The topological polar surface area (TPSA) is 117 Å². The van der Waals surface area contributed by atoms with Crippen LogP contribution in [-0.4, -0.2) is 39.7 Å². The highest BCUT2D eigenvalue weighted by Crippen LogP contribution is 2.23. The molecule has 0 fully saturated rings. The minimum atomic E-state index is -3.73. The normalized spacial score (nSPS) is 10.7.